The average molecular weight is 208 g/mol. The van der Waals surface area contributed by atoms with Gasteiger partial charge in [0.05, 0.1) is 6.10 Å². The van der Waals surface area contributed by atoms with Crippen molar-refractivity contribution >= 4 is 5.78 Å². The van der Waals surface area contributed by atoms with Crippen molar-refractivity contribution in [3.63, 3.8) is 0 Å². The number of rotatable bonds is 0. The van der Waals surface area contributed by atoms with Crippen LogP contribution in [0.2, 0.25) is 0 Å². The Balaban J connectivity index is 2.45. The van der Waals surface area contributed by atoms with Gasteiger partial charge < -0.3 is 4.74 Å². The molecule has 0 unspecified atom stereocenters. The maximum absolute atomic E-state index is 12.1. The molecule has 15 heavy (non-hydrogen) atoms. The first-order valence-electron chi connectivity index (χ1n) is 5.70. The van der Waals surface area contributed by atoms with Gasteiger partial charge in [0, 0.05) is 11.8 Å². The summed E-state index contributed by atoms with van der Waals surface area (Å²) in [5.74, 6) is 0.308. The summed E-state index contributed by atoms with van der Waals surface area (Å²) in [6, 6.07) is 0. The van der Waals surface area contributed by atoms with E-state index < -0.39 is 0 Å². The highest BCUT2D eigenvalue weighted by Gasteiger charge is 2.57. The Hall–Kier alpha value is -0.630. The molecule has 2 rings (SSSR count). The fourth-order valence-corrected chi connectivity index (χ4v) is 2.90. The highest BCUT2D eigenvalue weighted by molar-refractivity contribution is 5.86. The molecule has 2 heteroatoms. The molecule has 2 aliphatic heterocycles. The second-order valence-corrected chi connectivity index (χ2v) is 5.90. The summed E-state index contributed by atoms with van der Waals surface area (Å²) in [4.78, 5) is 12.1. The van der Waals surface area contributed by atoms with E-state index in [9.17, 15) is 4.79 Å². The fraction of sp³-hybridized carbons (Fsp3) is 0.769. The molecule has 2 nitrogen and oxygen atoms in total. The van der Waals surface area contributed by atoms with Crippen LogP contribution in [0.15, 0.2) is 12.2 Å². The Kier molecular flexibility index (Phi) is 2.13. The predicted molar refractivity (Wildman–Crippen MR) is 59.5 cm³/mol. The molecule has 4 atom stereocenters. The van der Waals surface area contributed by atoms with E-state index in [2.05, 4.69) is 32.9 Å². The molecular weight excluding hydrogens is 188 g/mol. The third kappa shape index (κ3) is 1.24. The lowest BCUT2D eigenvalue weighted by Crippen LogP contribution is -2.56. The van der Waals surface area contributed by atoms with Crippen LogP contribution in [0.25, 0.3) is 0 Å². The summed E-state index contributed by atoms with van der Waals surface area (Å²) >= 11 is 0. The van der Waals surface area contributed by atoms with E-state index in [1.807, 2.05) is 13.8 Å². The number of ether oxygens (including phenoxy) is 1. The normalized spacial score (nSPS) is 44.9. The molecule has 0 aliphatic carbocycles. The van der Waals surface area contributed by atoms with Gasteiger partial charge >= 0.3 is 0 Å². The Morgan fingerprint density at radius 2 is 1.93 bits per heavy atom. The van der Waals surface area contributed by atoms with Crippen LogP contribution in [-0.2, 0) is 9.53 Å². The molecule has 0 N–H and O–H groups in total. The highest BCUT2D eigenvalue weighted by atomic mass is 16.5. The SMILES string of the molecule is C[C@@H]1C(=O)[C@H](C)[C@H]2C=C[C@]1(C(C)(C)C)O2. The lowest BCUT2D eigenvalue weighted by atomic mass is 9.66. The van der Waals surface area contributed by atoms with Crippen molar-refractivity contribution < 1.29 is 9.53 Å². The van der Waals surface area contributed by atoms with Crippen molar-refractivity contribution in [2.24, 2.45) is 17.3 Å². The van der Waals surface area contributed by atoms with E-state index in [0.29, 0.717) is 5.78 Å². The molecule has 2 aliphatic rings. The third-order valence-corrected chi connectivity index (χ3v) is 4.05. The zero-order chi connectivity index (χ0) is 11.4. The summed E-state index contributed by atoms with van der Waals surface area (Å²) in [5.41, 5.74) is -0.422. The lowest BCUT2D eigenvalue weighted by Gasteiger charge is -2.48. The molecule has 1 fully saturated rings. The molecule has 1 saturated heterocycles. The van der Waals surface area contributed by atoms with Gasteiger partial charge in [-0.1, -0.05) is 46.8 Å². The van der Waals surface area contributed by atoms with Gasteiger partial charge in [-0.2, -0.15) is 0 Å². The van der Waals surface area contributed by atoms with Gasteiger partial charge in [0.2, 0.25) is 0 Å². The van der Waals surface area contributed by atoms with Crippen molar-refractivity contribution in [1.82, 2.24) is 0 Å². The summed E-state index contributed by atoms with van der Waals surface area (Å²) in [7, 11) is 0. The molecule has 0 spiro atoms. The van der Waals surface area contributed by atoms with Gasteiger partial charge in [-0.15, -0.1) is 0 Å². The number of Topliss-reactive ketones (excluding diaryl/α,β-unsaturated/α-hetero) is 1. The molecule has 0 saturated carbocycles. The topological polar surface area (TPSA) is 26.3 Å². The first kappa shape index (κ1) is 10.9. The minimum absolute atomic E-state index is 0.00655. The van der Waals surface area contributed by atoms with Crippen LogP contribution in [0.5, 0.6) is 0 Å². The molecule has 2 bridgehead atoms. The first-order chi connectivity index (χ1) is 6.79. The van der Waals surface area contributed by atoms with E-state index in [1.54, 1.807) is 0 Å². The van der Waals surface area contributed by atoms with E-state index in [4.69, 9.17) is 4.74 Å². The van der Waals surface area contributed by atoms with Crippen LogP contribution >= 0.6 is 0 Å². The van der Waals surface area contributed by atoms with Crippen LogP contribution in [0.1, 0.15) is 34.6 Å². The van der Waals surface area contributed by atoms with Crippen molar-refractivity contribution in [3.8, 4) is 0 Å². The summed E-state index contributed by atoms with van der Waals surface area (Å²) in [6.45, 7) is 10.4. The standard InChI is InChI=1S/C13H20O2/c1-8-10-6-7-13(15-10,12(3,4)5)9(2)11(8)14/h6-10H,1-5H3/t8-,9-,10-,13+/m1/s1. The fourth-order valence-electron chi connectivity index (χ4n) is 2.90. The molecule has 0 aromatic carbocycles. The van der Waals surface area contributed by atoms with E-state index >= 15 is 0 Å². The van der Waals surface area contributed by atoms with Gasteiger partial charge in [-0.3, -0.25) is 4.79 Å². The first-order valence-corrected chi connectivity index (χ1v) is 5.70. The van der Waals surface area contributed by atoms with Gasteiger partial charge in [0.25, 0.3) is 0 Å². The smallest absolute Gasteiger partial charge is 0.144 e. The number of ketones is 1. The zero-order valence-electron chi connectivity index (χ0n) is 10.2. The van der Waals surface area contributed by atoms with Gasteiger partial charge in [-0.25, -0.2) is 0 Å². The van der Waals surface area contributed by atoms with E-state index in [-0.39, 0.29) is 29.0 Å². The molecule has 0 aromatic heterocycles. The Morgan fingerprint density at radius 3 is 2.47 bits per heavy atom. The second kappa shape index (κ2) is 2.94. The van der Waals surface area contributed by atoms with Gasteiger partial charge in [-0.05, 0) is 5.41 Å². The molecular formula is C13H20O2. The van der Waals surface area contributed by atoms with Crippen molar-refractivity contribution in [2.75, 3.05) is 0 Å². The number of carbonyl (C=O) groups is 1. The largest absolute Gasteiger partial charge is 0.362 e. The molecule has 0 amide bonds. The Bertz CT molecular complexity index is 324. The summed E-state index contributed by atoms with van der Waals surface area (Å²) in [5, 5.41) is 0. The molecule has 2 heterocycles. The minimum Gasteiger partial charge on any atom is -0.362 e. The highest BCUT2D eigenvalue weighted by Crippen LogP contribution is 2.50. The maximum Gasteiger partial charge on any atom is 0.144 e. The Morgan fingerprint density at radius 1 is 1.33 bits per heavy atom. The van der Waals surface area contributed by atoms with Crippen molar-refractivity contribution in [2.45, 2.75) is 46.3 Å². The van der Waals surface area contributed by atoms with Crippen molar-refractivity contribution in [1.29, 1.82) is 0 Å². The van der Waals surface area contributed by atoms with Gasteiger partial charge in [0.15, 0.2) is 0 Å². The van der Waals surface area contributed by atoms with Gasteiger partial charge in [0.1, 0.15) is 11.4 Å². The van der Waals surface area contributed by atoms with E-state index in [1.165, 1.54) is 0 Å². The number of fused-ring (bicyclic) bond motifs is 2. The Labute approximate surface area is 91.7 Å². The summed E-state index contributed by atoms with van der Waals surface area (Å²) < 4.78 is 6.11. The lowest BCUT2D eigenvalue weighted by molar-refractivity contribution is -0.180. The van der Waals surface area contributed by atoms with Crippen LogP contribution in [0.4, 0.5) is 0 Å². The number of hydrogen-bond donors (Lipinski definition) is 0. The van der Waals surface area contributed by atoms with Crippen LogP contribution in [-0.4, -0.2) is 17.5 Å². The quantitative estimate of drug-likeness (QED) is 0.572. The van der Waals surface area contributed by atoms with Crippen LogP contribution in [0.3, 0.4) is 0 Å². The average Bonchev–Trinajstić information content (AvgIpc) is 2.54. The third-order valence-electron chi connectivity index (χ3n) is 4.05. The van der Waals surface area contributed by atoms with E-state index in [0.717, 1.165) is 0 Å². The number of hydrogen-bond acceptors (Lipinski definition) is 2. The summed E-state index contributed by atoms with van der Waals surface area (Å²) in [6.07, 6.45) is 4.18. The number of carbonyl (C=O) groups excluding carboxylic acids is 1. The zero-order valence-corrected chi connectivity index (χ0v) is 10.2. The monoisotopic (exact) mass is 208 g/mol. The van der Waals surface area contributed by atoms with Crippen molar-refractivity contribution in [3.05, 3.63) is 12.2 Å². The minimum atomic E-state index is -0.388. The molecule has 84 valence electrons. The van der Waals surface area contributed by atoms with Crippen LogP contribution in [0, 0.1) is 17.3 Å². The predicted octanol–water partition coefficient (Wildman–Crippen LogP) is 2.58. The molecule has 0 aromatic rings. The molecule has 0 radical (unpaired) electrons. The maximum atomic E-state index is 12.1. The van der Waals surface area contributed by atoms with Crippen LogP contribution < -0.4 is 0 Å². The second-order valence-electron chi connectivity index (χ2n) is 5.90.